The fourth-order valence-electron chi connectivity index (χ4n) is 2.05. The lowest BCUT2D eigenvalue weighted by atomic mass is 9.85. The van der Waals surface area contributed by atoms with Crippen molar-refractivity contribution >= 4 is 17.8 Å². The van der Waals surface area contributed by atoms with Crippen LogP contribution >= 0.6 is 0 Å². The molecule has 106 valence electrons. The van der Waals surface area contributed by atoms with Crippen LogP contribution in [-0.2, 0) is 9.59 Å². The Bertz CT molecular complexity index is 618. The molecule has 1 aliphatic heterocycles. The molecule has 1 N–H and O–H groups in total. The van der Waals surface area contributed by atoms with Crippen LogP contribution in [0.4, 0.5) is 13.2 Å². The van der Waals surface area contributed by atoms with Crippen molar-refractivity contribution in [3.63, 3.8) is 0 Å². The van der Waals surface area contributed by atoms with Gasteiger partial charge in [-0.15, -0.1) is 0 Å². The Morgan fingerprint density at radius 2 is 1.85 bits per heavy atom. The highest BCUT2D eigenvalue weighted by Crippen LogP contribution is 2.45. The van der Waals surface area contributed by atoms with Gasteiger partial charge in [-0.2, -0.15) is 13.2 Å². The summed E-state index contributed by atoms with van der Waals surface area (Å²) in [5.74, 6) is -3.48. The smallest absolute Gasteiger partial charge is 0.440 e. The minimum Gasteiger partial charge on any atom is -0.478 e. The van der Waals surface area contributed by atoms with E-state index in [4.69, 9.17) is 9.84 Å². The number of aliphatic carboxylic acids is 1. The summed E-state index contributed by atoms with van der Waals surface area (Å²) in [7, 11) is 0. The minimum atomic E-state index is -5.18. The summed E-state index contributed by atoms with van der Waals surface area (Å²) in [6.45, 7) is 0.651. The molecule has 20 heavy (non-hydrogen) atoms. The number of carboxylic acid groups (broad SMARTS) is 1. The molecule has 1 aromatic rings. The first-order valence-electron chi connectivity index (χ1n) is 5.51. The summed E-state index contributed by atoms with van der Waals surface area (Å²) in [6.07, 6.45) is -4.37. The van der Waals surface area contributed by atoms with Gasteiger partial charge in [-0.25, -0.2) is 4.79 Å². The first-order chi connectivity index (χ1) is 9.20. The zero-order chi connectivity index (χ0) is 15.1. The molecule has 1 aliphatic rings. The highest BCUT2D eigenvalue weighted by molar-refractivity contribution is 6.06. The van der Waals surface area contributed by atoms with E-state index in [2.05, 4.69) is 0 Å². The van der Waals surface area contributed by atoms with Gasteiger partial charge >= 0.3 is 12.1 Å². The van der Waals surface area contributed by atoms with Crippen LogP contribution in [0.15, 0.2) is 29.8 Å². The van der Waals surface area contributed by atoms with E-state index in [0.717, 1.165) is 6.08 Å². The molecule has 4 nitrogen and oxygen atoms in total. The molecule has 0 saturated heterocycles. The third-order valence-corrected chi connectivity index (χ3v) is 2.99. The van der Waals surface area contributed by atoms with Crippen molar-refractivity contribution in [3.05, 3.63) is 35.4 Å². The number of benzene rings is 1. The third-order valence-electron chi connectivity index (χ3n) is 2.99. The van der Waals surface area contributed by atoms with Crippen LogP contribution in [0.2, 0.25) is 0 Å². The maximum absolute atomic E-state index is 13.3. The summed E-state index contributed by atoms with van der Waals surface area (Å²) in [5, 5.41) is 9.01. The zero-order valence-electron chi connectivity index (χ0n) is 10.2. The third kappa shape index (κ3) is 1.86. The van der Waals surface area contributed by atoms with Crippen molar-refractivity contribution in [2.75, 3.05) is 0 Å². The zero-order valence-corrected chi connectivity index (χ0v) is 10.2. The topological polar surface area (TPSA) is 63.6 Å². The fraction of sp³-hybridized carbons (Fsp3) is 0.231. The van der Waals surface area contributed by atoms with E-state index < -0.39 is 29.1 Å². The summed E-state index contributed by atoms with van der Waals surface area (Å²) in [4.78, 5) is 22.7. The molecule has 2 rings (SSSR count). The van der Waals surface area contributed by atoms with Crippen LogP contribution in [-0.4, -0.2) is 28.6 Å². The number of carboxylic acids is 1. The quantitative estimate of drug-likeness (QED) is 0.907. The minimum absolute atomic E-state index is 0.172. The largest absolute Gasteiger partial charge is 0.478 e. The number of rotatable bonds is 2. The van der Waals surface area contributed by atoms with Gasteiger partial charge in [0.15, 0.2) is 5.78 Å². The number of carbonyl (C=O) groups excluding carboxylic acids is 1. The maximum Gasteiger partial charge on any atom is 0.440 e. The second kappa shape index (κ2) is 4.36. The lowest BCUT2D eigenvalue weighted by molar-refractivity contribution is -0.229. The van der Waals surface area contributed by atoms with Gasteiger partial charge in [0, 0.05) is 5.56 Å². The van der Waals surface area contributed by atoms with Gasteiger partial charge < -0.3 is 9.84 Å². The molecule has 0 aromatic heterocycles. The Hall–Kier alpha value is -2.31. The van der Waals surface area contributed by atoms with E-state index in [1.54, 1.807) is 0 Å². The second-order valence-corrected chi connectivity index (χ2v) is 4.24. The molecule has 0 aliphatic carbocycles. The van der Waals surface area contributed by atoms with Crippen LogP contribution in [0.3, 0.4) is 0 Å². The van der Waals surface area contributed by atoms with E-state index >= 15 is 0 Å². The number of carbonyl (C=O) groups is 2. The number of Topliss-reactive ketones (excluding diaryl/α,β-unsaturated/α-hetero) is 1. The van der Waals surface area contributed by atoms with E-state index in [1.165, 1.54) is 24.3 Å². The van der Waals surface area contributed by atoms with Gasteiger partial charge in [0.05, 0.1) is 5.57 Å². The second-order valence-electron chi connectivity index (χ2n) is 4.24. The number of alkyl halides is 3. The van der Waals surface area contributed by atoms with E-state index in [1.807, 2.05) is 0 Å². The molecule has 0 saturated carbocycles. The van der Waals surface area contributed by atoms with Gasteiger partial charge in [-0.3, -0.25) is 4.79 Å². The Balaban J connectivity index is 2.77. The van der Waals surface area contributed by atoms with Crippen LogP contribution in [0, 0.1) is 0 Å². The molecule has 7 heteroatoms. The van der Waals surface area contributed by atoms with Crippen molar-refractivity contribution in [3.8, 4) is 5.75 Å². The Kier molecular flexibility index (Phi) is 3.08. The molecule has 0 spiro atoms. The number of ketones is 1. The normalized spacial score (nSPS) is 21.5. The highest BCUT2D eigenvalue weighted by atomic mass is 19.4. The highest BCUT2D eigenvalue weighted by Gasteiger charge is 2.66. The summed E-state index contributed by atoms with van der Waals surface area (Å²) < 4.78 is 44.7. The summed E-state index contributed by atoms with van der Waals surface area (Å²) in [5.41, 5.74) is -4.45. The van der Waals surface area contributed by atoms with Crippen molar-refractivity contribution in [2.45, 2.75) is 18.7 Å². The molecule has 1 heterocycles. The van der Waals surface area contributed by atoms with Gasteiger partial charge in [0.25, 0.3) is 5.60 Å². The van der Waals surface area contributed by atoms with E-state index in [-0.39, 0.29) is 11.3 Å². The van der Waals surface area contributed by atoms with Crippen LogP contribution in [0.5, 0.6) is 5.75 Å². The summed E-state index contributed by atoms with van der Waals surface area (Å²) >= 11 is 0. The first kappa shape index (κ1) is 14.1. The Labute approximate surface area is 111 Å². The number of para-hydroxylation sites is 1. The Morgan fingerprint density at radius 3 is 2.35 bits per heavy atom. The lowest BCUT2D eigenvalue weighted by Crippen LogP contribution is -2.59. The fourth-order valence-corrected chi connectivity index (χ4v) is 2.05. The number of hydrogen-bond acceptors (Lipinski definition) is 3. The summed E-state index contributed by atoms with van der Waals surface area (Å²) in [6, 6.07) is 5.60. The molecular weight excluding hydrogens is 277 g/mol. The molecule has 0 amide bonds. The lowest BCUT2D eigenvalue weighted by Gasteiger charge is -2.37. The predicted molar refractivity (Wildman–Crippen MR) is 62.1 cm³/mol. The van der Waals surface area contributed by atoms with Crippen molar-refractivity contribution in [1.29, 1.82) is 0 Å². The number of hydrogen-bond donors (Lipinski definition) is 1. The molecular formula is C13H9F3O4. The predicted octanol–water partition coefficient (Wildman–Crippen LogP) is 2.44. The van der Waals surface area contributed by atoms with E-state index in [0.29, 0.717) is 6.92 Å². The SMILES string of the molecule is CC(=O)C1(C(F)(F)F)Oc2ccccc2C=C1C(=O)O. The number of ether oxygens (including phenoxy) is 1. The molecule has 0 bridgehead atoms. The average Bonchev–Trinajstić information content (AvgIpc) is 2.35. The molecule has 0 fully saturated rings. The Morgan fingerprint density at radius 1 is 1.25 bits per heavy atom. The standard InChI is InChI=1S/C13H9F3O4/c1-7(17)12(13(14,15)16)9(11(18)19)6-8-4-2-3-5-10(8)20-12/h2-6H,1H3,(H,18,19). The first-order valence-corrected chi connectivity index (χ1v) is 5.51. The van der Waals surface area contributed by atoms with Crippen LogP contribution < -0.4 is 4.74 Å². The maximum atomic E-state index is 13.3. The number of fused-ring (bicyclic) bond motifs is 1. The van der Waals surface area contributed by atoms with Gasteiger partial charge in [-0.05, 0) is 19.1 Å². The van der Waals surface area contributed by atoms with E-state index in [9.17, 15) is 22.8 Å². The van der Waals surface area contributed by atoms with Gasteiger partial charge in [-0.1, -0.05) is 18.2 Å². The van der Waals surface area contributed by atoms with Gasteiger partial charge in [0.1, 0.15) is 5.75 Å². The monoisotopic (exact) mass is 286 g/mol. The van der Waals surface area contributed by atoms with Crippen molar-refractivity contribution < 1.29 is 32.6 Å². The average molecular weight is 286 g/mol. The molecule has 1 aromatic carbocycles. The molecule has 1 atom stereocenters. The number of halogens is 3. The molecule has 1 unspecified atom stereocenters. The van der Waals surface area contributed by atoms with Crippen molar-refractivity contribution in [1.82, 2.24) is 0 Å². The van der Waals surface area contributed by atoms with Crippen LogP contribution in [0.1, 0.15) is 12.5 Å². The van der Waals surface area contributed by atoms with Gasteiger partial charge in [0.2, 0.25) is 0 Å². The van der Waals surface area contributed by atoms with Crippen LogP contribution in [0.25, 0.3) is 6.08 Å². The van der Waals surface area contributed by atoms with Crippen molar-refractivity contribution in [2.24, 2.45) is 0 Å². The molecule has 0 radical (unpaired) electrons.